The van der Waals surface area contributed by atoms with Gasteiger partial charge in [-0.2, -0.15) is 0 Å². The Labute approximate surface area is 136 Å². The first-order valence-electron chi connectivity index (χ1n) is 6.80. The third-order valence-corrected chi connectivity index (χ3v) is 3.70. The van der Waals surface area contributed by atoms with Crippen LogP contribution in [0.15, 0.2) is 46.9 Å². The van der Waals surface area contributed by atoms with Crippen molar-refractivity contribution in [1.29, 1.82) is 0 Å². The number of halogens is 2. The number of hydrogen-bond donors (Lipinski definition) is 1. The summed E-state index contributed by atoms with van der Waals surface area (Å²) in [6, 6.07) is 10.9. The molecule has 2 rings (SSSR count). The highest BCUT2D eigenvalue weighted by molar-refractivity contribution is 9.10. The molecule has 22 heavy (non-hydrogen) atoms. The maximum absolute atomic E-state index is 12.8. The molecule has 0 heterocycles. The Morgan fingerprint density at radius 3 is 2.41 bits per heavy atom. The molecule has 0 atom stereocenters. The van der Waals surface area contributed by atoms with Crippen molar-refractivity contribution in [2.45, 2.75) is 19.8 Å². The third kappa shape index (κ3) is 4.49. The summed E-state index contributed by atoms with van der Waals surface area (Å²) in [7, 11) is 0. The fraction of sp³-hybridized carbons (Fsp3) is 0.176. The summed E-state index contributed by atoms with van der Waals surface area (Å²) < 4.78 is 13.7. The quantitative estimate of drug-likeness (QED) is 0.795. The molecule has 0 unspecified atom stereocenters. The van der Waals surface area contributed by atoms with Crippen LogP contribution in [-0.2, 0) is 4.79 Å². The SMILES string of the molecule is Cc1cc(Br)ccc1NC(=O)CCC(=O)c1ccc(F)cc1. The van der Waals surface area contributed by atoms with Gasteiger partial charge in [-0.05, 0) is 55.0 Å². The van der Waals surface area contributed by atoms with E-state index in [1.165, 1.54) is 24.3 Å². The monoisotopic (exact) mass is 363 g/mol. The van der Waals surface area contributed by atoms with E-state index in [0.29, 0.717) is 5.56 Å². The summed E-state index contributed by atoms with van der Waals surface area (Å²) in [5.41, 5.74) is 2.07. The van der Waals surface area contributed by atoms with Crippen LogP contribution in [0.5, 0.6) is 0 Å². The second kappa shape index (κ2) is 7.31. The standard InChI is InChI=1S/C17H15BrFNO2/c1-11-10-13(18)4-7-15(11)20-17(22)9-8-16(21)12-2-5-14(19)6-3-12/h2-7,10H,8-9H2,1H3,(H,20,22). The summed E-state index contributed by atoms with van der Waals surface area (Å²) in [5.74, 6) is -0.788. The van der Waals surface area contributed by atoms with E-state index in [9.17, 15) is 14.0 Å². The number of carbonyl (C=O) groups is 2. The first kappa shape index (κ1) is 16.4. The van der Waals surface area contributed by atoms with Crippen LogP contribution in [0.2, 0.25) is 0 Å². The third-order valence-electron chi connectivity index (χ3n) is 3.21. The van der Waals surface area contributed by atoms with Crippen LogP contribution in [-0.4, -0.2) is 11.7 Å². The molecule has 1 N–H and O–H groups in total. The van der Waals surface area contributed by atoms with Gasteiger partial charge in [-0.25, -0.2) is 4.39 Å². The molecule has 1 amide bonds. The molecule has 2 aromatic carbocycles. The minimum absolute atomic E-state index is 0.0890. The summed E-state index contributed by atoms with van der Waals surface area (Å²) in [6.45, 7) is 1.89. The van der Waals surface area contributed by atoms with Gasteiger partial charge >= 0.3 is 0 Å². The average Bonchev–Trinajstić information content (AvgIpc) is 2.48. The number of rotatable bonds is 5. The number of aryl methyl sites for hydroxylation is 1. The van der Waals surface area contributed by atoms with E-state index < -0.39 is 0 Å². The number of Topliss-reactive ketones (excluding diaryl/α,β-unsaturated/α-hetero) is 1. The van der Waals surface area contributed by atoms with Gasteiger partial charge in [-0.3, -0.25) is 9.59 Å². The van der Waals surface area contributed by atoms with Crippen molar-refractivity contribution in [3.8, 4) is 0 Å². The summed E-state index contributed by atoms with van der Waals surface area (Å²) >= 11 is 3.36. The van der Waals surface area contributed by atoms with E-state index in [4.69, 9.17) is 0 Å². The minimum atomic E-state index is -0.389. The van der Waals surface area contributed by atoms with Gasteiger partial charge in [0, 0.05) is 28.6 Å². The van der Waals surface area contributed by atoms with E-state index in [0.717, 1.165) is 15.7 Å². The molecule has 0 saturated heterocycles. The van der Waals surface area contributed by atoms with Gasteiger partial charge in [0.1, 0.15) is 5.82 Å². The van der Waals surface area contributed by atoms with Gasteiger partial charge in [0.05, 0.1) is 0 Å². The number of anilines is 1. The normalized spacial score (nSPS) is 10.3. The molecule has 0 aliphatic carbocycles. The predicted molar refractivity (Wildman–Crippen MR) is 87.5 cm³/mol. The van der Waals surface area contributed by atoms with Gasteiger partial charge in [0.2, 0.25) is 5.91 Å². The summed E-state index contributed by atoms with van der Waals surface area (Å²) in [4.78, 5) is 23.8. The van der Waals surface area contributed by atoms with E-state index in [2.05, 4.69) is 21.2 Å². The first-order chi connectivity index (χ1) is 10.5. The van der Waals surface area contributed by atoms with Gasteiger partial charge in [0.15, 0.2) is 5.78 Å². The zero-order valence-electron chi connectivity index (χ0n) is 12.0. The van der Waals surface area contributed by atoms with Crippen LogP contribution in [0.25, 0.3) is 0 Å². The van der Waals surface area contributed by atoms with Gasteiger partial charge < -0.3 is 5.32 Å². The Bertz CT molecular complexity index is 698. The fourth-order valence-corrected chi connectivity index (χ4v) is 2.46. The molecule has 5 heteroatoms. The summed E-state index contributed by atoms with van der Waals surface area (Å²) in [5, 5.41) is 2.78. The van der Waals surface area contributed by atoms with E-state index in [1.54, 1.807) is 6.07 Å². The lowest BCUT2D eigenvalue weighted by molar-refractivity contribution is -0.116. The highest BCUT2D eigenvalue weighted by Gasteiger charge is 2.10. The van der Waals surface area contributed by atoms with Crippen molar-refractivity contribution < 1.29 is 14.0 Å². The number of benzene rings is 2. The van der Waals surface area contributed by atoms with Gasteiger partial charge in [-0.15, -0.1) is 0 Å². The zero-order chi connectivity index (χ0) is 16.1. The number of nitrogens with one attached hydrogen (secondary N) is 1. The number of carbonyl (C=O) groups excluding carboxylic acids is 2. The number of ketones is 1. The molecular weight excluding hydrogens is 349 g/mol. The smallest absolute Gasteiger partial charge is 0.224 e. The highest BCUT2D eigenvalue weighted by Crippen LogP contribution is 2.20. The Hall–Kier alpha value is -2.01. The second-order valence-corrected chi connectivity index (χ2v) is 5.85. The lowest BCUT2D eigenvalue weighted by atomic mass is 10.1. The van der Waals surface area contributed by atoms with Crippen molar-refractivity contribution >= 4 is 33.3 Å². The second-order valence-electron chi connectivity index (χ2n) is 4.94. The van der Waals surface area contributed by atoms with Gasteiger partial charge in [-0.1, -0.05) is 15.9 Å². The molecule has 3 nitrogen and oxygen atoms in total. The molecule has 2 aromatic rings. The van der Waals surface area contributed by atoms with Crippen LogP contribution in [0.3, 0.4) is 0 Å². The van der Waals surface area contributed by atoms with Crippen molar-refractivity contribution in [2.75, 3.05) is 5.32 Å². The lowest BCUT2D eigenvalue weighted by Crippen LogP contribution is -2.14. The van der Waals surface area contributed by atoms with Crippen molar-refractivity contribution in [2.24, 2.45) is 0 Å². The Kier molecular flexibility index (Phi) is 5.44. The topological polar surface area (TPSA) is 46.2 Å². The number of hydrogen-bond acceptors (Lipinski definition) is 2. The van der Waals surface area contributed by atoms with Crippen LogP contribution < -0.4 is 5.32 Å². The predicted octanol–water partition coefficient (Wildman–Crippen LogP) is 4.50. The van der Waals surface area contributed by atoms with Crippen molar-refractivity contribution in [3.63, 3.8) is 0 Å². The van der Waals surface area contributed by atoms with Crippen molar-refractivity contribution in [1.82, 2.24) is 0 Å². The van der Waals surface area contributed by atoms with Crippen LogP contribution in [0.4, 0.5) is 10.1 Å². The highest BCUT2D eigenvalue weighted by atomic mass is 79.9. The molecule has 0 radical (unpaired) electrons. The van der Waals surface area contributed by atoms with E-state index in [-0.39, 0.29) is 30.3 Å². The van der Waals surface area contributed by atoms with Crippen LogP contribution >= 0.6 is 15.9 Å². The molecule has 0 aromatic heterocycles. The molecule has 114 valence electrons. The lowest BCUT2D eigenvalue weighted by Gasteiger charge is -2.08. The largest absolute Gasteiger partial charge is 0.326 e. The maximum atomic E-state index is 12.8. The Morgan fingerprint density at radius 2 is 1.77 bits per heavy atom. The summed E-state index contributed by atoms with van der Waals surface area (Å²) in [6.07, 6.45) is 0.179. The van der Waals surface area contributed by atoms with Crippen LogP contribution in [0.1, 0.15) is 28.8 Å². The van der Waals surface area contributed by atoms with Crippen LogP contribution in [0, 0.1) is 12.7 Å². The average molecular weight is 364 g/mol. The molecule has 0 bridgehead atoms. The Morgan fingerprint density at radius 1 is 1.09 bits per heavy atom. The zero-order valence-corrected chi connectivity index (χ0v) is 13.6. The van der Waals surface area contributed by atoms with E-state index >= 15 is 0 Å². The molecule has 0 spiro atoms. The minimum Gasteiger partial charge on any atom is -0.326 e. The van der Waals surface area contributed by atoms with Crippen molar-refractivity contribution in [3.05, 3.63) is 63.9 Å². The van der Waals surface area contributed by atoms with Gasteiger partial charge in [0.25, 0.3) is 0 Å². The molecule has 0 aliphatic heterocycles. The molecule has 0 saturated carbocycles. The molecule has 0 aliphatic rings. The molecule has 0 fully saturated rings. The molecular formula is C17H15BrFNO2. The first-order valence-corrected chi connectivity index (χ1v) is 7.60. The maximum Gasteiger partial charge on any atom is 0.224 e. The Balaban J connectivity index is 1.89. The number of amides is 1. The fourth-order valence-electron chi connectivity index (χ4n) is 1.99. The van der Waals surface area contributed by atoms with E-state index in [1.807, 2.05) is 19.1 Å².